The normalized spacial score (nSPS) is 10.9. The van der Waals surface area contributed by atoms with Gasteiger partial charge in [-0.05, 0) is 6.07 Å². The number of aromatic nitrogens is 3. The van der Waals surface area contributed by atoms with Gasteiger partial charge in [-0.25, -0.2) is 13.8 Å². The highest BCUT2D eigenvalue weighted by Gasteiger charge is 2.16. The number of halogens is 2. The van der Waals surface area contributed by atoms with Crippen LogP contribution in [0.1, 0.15) is 0 Å². The second-order valence-electron chi connectivity index (χ2n) is 3.92. The van der Waals surface area contributed by atoms with Gasteiger partial charge in [0.2, 0.25) is 0 Å². The molecule has 0 amide bonds. The molecule has 0 bridgehead atoms. The molecule has 0 radical (unpaired) electrons. The van der Waals surface area contributed by atoms with E-state index in [0.29, 0.717) is 16.9 Å². The Labute approximate surface area is 107 Å². The summed E-state index contributed by atoms with van der Waals surface area (Å²) in [6, 6.07) is 2.00. The smallest absolute Gasteiger partial charge is 0.168 e. The minimum absolute atomic E-state index is 0.0139. The fourth-order valence-corrected chi connectivity index (χ4v) is 2.00. The van der Waals surface area contributed by atoms with Gasteiger partial charge in [0.15, 0.2) is 17.2 Å². The topological polar surface area (TPSA) is 39.4 Å². The SMILES string of the molecule is COc1c(F)cc(F)cc1-c1cnc2cnccn12. The van der Waals surface area contributed by atoms with Crippen molar-refractivity contribution in [1.29, 1.82) is 0 Å². The van der Waals surface area contributed by atoms with Gasteiger partial charge in [0.1, 0.15) is 5.82 Å². The molecule has 0 aliphatic rings. The van der Waals surface area contributed by atoms with Gasteiger partial charge in [-0.2, -0.15) is 0 Å². The predicted octanol–water partition coefficient (Wildman–Crippen LogP) is 2.68. The summed E-state index contributed by atoms with van der Waals surface area (Å²) < 4.78 is 33.8. The van der Waals surface area contributed by atoms with Crippen molar-refractivity contribution in [1.82, 2.24) is 14.4 Å². The molecule has 0 N–H and O–H groups in total. The van der Waals surface area contributed by atoms with Crippen molar-refractivity contribution < 1.29 is 13.5 Å². The first kappa shape index (κ1) is 11.6. The Kier molecular flexibility index (Phi) is 2.63. The summed E-state index contributed by atoms with van der Waals surface area (Å²) in [6.45, 7) is 0. The summed E-state index contributed by atoms with van der Waals surface area (Å²) in [4.78, 5) is 8.06. The summed E-state index contributed by atoms with van der Waals surface area (Å²) in [7, 11) is 1.34. The third-order valence-electron chi connectivity index (χ3n) is 2.81. The predicted molar refractivity (Wildman–Crippen MR) is 64.9 cm³/mol. The molecule has 0 unspecified atom stereocenters. The Bertz CT molecular complexity index is 755. The maximum Gasteiger partial charge on any atom is 0.168 e. The number of imidazole rings is 1. The van der Waals surface area contributed by atoms with E-state index in [9.17, 15) is 8.78 Å². The van der Waals surface area contributed by atoms with Crippen LogP contribution in [0, 0.1) is 11.6 Å². The Morgan fingerprint density at radius 1 is 1.21 bits per heavy atom. The van der Waals surface area contributed by atoms with Crippen molar-refractivity contribution >= 4 is 5.65 Å². The number of rotatable bonds is 2. The number of benzene rings is 1. The van der Waals surface area contributed by atoms with Gasteiger partial charge in [-0.1, -0.05) is 0 Å². The zero-order valence-electron chi connectivity index (χ0n) is 9.97. The van der Waals surface area contributed by atoms with E-state index >= 15 is 0 Å². The Hall–Kier alpha value is -2.50. The molecule has 19 heavy (non-hydrogen) atoms. The standard InChI is InChI=1S/C13H9F2N3O/c1-19-13-9(4-8(14)5-10(13)15)11-6-17-12-7-16-2-3-18(11)12/h2-7H,1H3. The molecule has 0 saturated carbocycles. The molecule has 6 heteroatoms. The number of ether oxygens (including phenoxy) is 1. The fourth-order valence-electron chi connectivity index (χ4n) is 2.00. The summed E-state index contributed by atoms with van der Waals surface area (Å²) in [6.07, 6.45) is 6.32. The Balaban J connectivity index is 2.32. The summed E-state index contributed by atoms with van der Waals surface area (Å²) in [5, 5.41) is 0. The number of hydrogen-bond acceptors (Lipinski definition) is 3. The quantitative estimate of drug-likeness (QED) is 0.712. The van der Waals surface area contributed by atoms with Gasteiger partial charge in [0, 0.05) is 24.0 Å². The molecule has 0 fully saturated rings. The van der Waals surface area contributed by atoms with Gasteiger partial charge in [0.05, 0.1) is 25.2 Å². The number of hydrogen-bond donors (Lipinski definition) is 0. The van der Waals surface area contributed by atoms with Crippen LogP contribution in [0.3, 0.4) is 0 Å². The maximum atomic E-state index is 13.7. The number of methoxy groups -OCH3 is 1. The number of nitrogens with zero attached hydrogens (tertiary/aromatic N) is 3. The van der Waals surface area contributed by atoms with Crippen LogP contribution in [0.4, 0.5) is 8.78 Å². The Morgan fingerprint density at radius 3 is 2.84 bits per heavy atom. The molecule has 3 aromatic rings. The van der Waals surface area contributed by atoms with E-state index < -0.39 is 11.6 Å². The number of fused-ring (bicyclic) bond motifs is 1. The summed E-state index contributed by atoms with van der Waals surface area (Å²) in [5.74, 6) is -1.43. The molecule has 2 heterocycles. The average Bonchev–Trinajstić information content (AvgIpc) is 2.81. The molecule has 0 saturated heterocycles. The maximum absolute atomic E-state index is 13.7. The highest BCUT2D eigenvalue weighted by Crippen LogP contribution is 2.33. The first-order chi connectivity index (χ1) is 9.20. The van der Waals surface area contributed by atoms with Crippen molar-refractivity contribution in [3.8, 4) is 17.0 Å². The lowest BCUT2D eigenvalue weighted by atomic mass is 10.1. The Morgan fingerprint density at radius 2 is 2.05 bits per heavy atom. The van der Waals surface area contributed by atoms with E-state index in [-0.39, 0.29) is 5.75 Å². The van der Waals surface area contributed by atoms with E-state index in [4.69, 9.17) is 4.74 Å². The van der Waals surface area contributed by atoms with Crippen LogP contribution in [0.5, 0.6) is 5.75 Å². The van der Waals surface area contributed by atoms with Crippen LogP contribution < -0.4 is 4.74 Å². The lowest BCUT2D eigenvalue weighted by Crippen LogP contribution is -1.96. The molecule has 0 aliphatic carbocycles. The first-order valence-electron chi connectivity index (χ1n) is 5.51. The first-order valence-corrected chi connectivity index (χ1v) is 5.51. The molecule has 2 aromatic heterocycles. The van der Waals surface area contributed by atoms with Crippen LogP contribution >= 0.6 is 0 Å². The van der Waals surface area contributed by atoms with Crippen LogP contribution in [-0.2, 0) is 0 Å². The molecule has 0 aliphatic heterocycles. The van der Waals surface area contributed by atoms with E-state index in [1.165, 1.54) is 19.4 Å². The van der Waals surface area contributed by atoms with Gasteiger partial charge >= 0.3 is 0 Å². The molecule has 0 spiro atoms. The molecule has 3 rings (SSSR count). The molecule has 4 nitrogen and oxygen atoms in total. The summed E-state index contributed by atoms with van der Waals surface area (Å²) >= 11 is 0. The molecular weight excluding hydrogens is 252 g/mol. The third kappa shape index (κ3) is 1.81. The molecule has 0 atom stereocenters. The largest absolute Gasteiger partial charge is 0.493 e. The molecule has 1 aromatic carbocycles. The van der Waals surface area contributed by atoms with E-state index in [1.807, 2.05) is 0 Å². The van der Waals surface area contributed by atoms with E-state index in [1.54, 1.807) is 23.0 Å². The second kappa shape index (κ2) is 4.31. The fraction of sp³-hybridized carbons (Fsp3) is 0.0769. The van der Waals surface area contributed by atoms with E-state index in [0.717, 1.165) is 6.07 Å². The van der Waals surface area contributed by atoms with Gasteiger partial charge < -0.3 is 4.74 Å². The van der Waals surface area contributed by atoms with Crippen LogP contribution in [0.2, 0.25) is 0 Å². The zero-order chi connectivity index (χ0) is 13.4. The van der Waals surface area contributed by atoms with Crippen LogP contribution in [0.15, 0.2) is 36.9 Å². The highest BCUT2D eigenvalue weighted by molar-refractivity contribution is 5.70. The third-order valence-corrected chi connectivity index (χ3v) is 2.81. The highest BCUT2D eigenvalue weighted by atomic mass is 19.1. The second-order valence-corrected chi connectivity index (χ2v) is 3.92. The minimum Gasteiger partial charge on any atom is -0.493 e. The van der Waals surface area contributed by atoms with Gasteiger partial charge in [-0.15, -0.1) is 0 Å². The van der Waals surface area contributed by atoms with Gasteiger partial charge in [0.25, 0.3) is 0 Å². The molecular formula is C13H9F2N3O. The summed E-state index contributed by atoms with van der Waals surface area (Å²) in [5.41, 5.74) is 1.43. The average molecular weight is 261 g/mol. The monoisotopic (exact) mass is 261 g/mol. The van der Waals surface area contributed by atoms with Crippen molar-refractivity contribution in [2.45, 2.75) is 0 Å². The van der Waals surface area contributed by atoms with Gasteiger partial charge in [-0.3, -0.25) is 9.38 Å². The molecule has 96 valence electrons. The minimum atomic E-state index is -0.749. The van der Waals surface area contributed by atoms with Crippen molar-refractivity contribution in [3.05, 3.63) is 48.6 Å². The zero-order valence-corrected chi connectivity index (χ0v) is 9.97. The van der Waals surface area contributed by atoms with Crippen LogP contribution in [-0.4, -0.2) is 21.5 Å². The lowest BCUT2D eigenvalue weighted by molar-refractivity contribution is 0.385. The van der Waals surface area contributed by atoms with Crippen molar-refractivity contribution in [2.24, 2.45) is 0 Å². The van der Waals surface area contributed by atoms with Crippen LogP contribution in [0.25, 0.3) is 16.9 Å². The van der Waals surface area contributed by atoms with E-state index in [2.05, 4.69) is 9.97 Å². The lowest BCUT2D eigenvalue weighted by Gasteiger charge is -2.09. The van der Waals surface area contributed by atoms with Crippen molar-refractivity contribution in [3.63, 3.8) is 0 Å². The van der Waals surface area contributed by atoms with Crippen molar-refractivity contribution in [2.75, 3.05) is 7.11 Å².